The van der Waals surface area contributed by atoms with Crippen molar-refractivity contribution in [3.05, 3.63) is 89.2 Å². The molecule has 0 aliphatic carbocycles. The number of aryl methyl sites for hydroxylation is 1. The fourth-order valence-corrected chi connectivity index (χ4v) is 4.33. The van der Waals surface area contributed by atoms with Gasteiger partial charge in [-0.05, 0) is 55.8 Å². The standard InChI is InChI=1S/C26H25ClN4O3S/c1-17-12-13-19(14-23(17)27)28-24(32)16-35-26-30-29-25(31(26)20-8-5-4-6-9-20)18(2)34-22-11-7-10-21(15-22)33-3/h4-15,18H,16H2,1-3H3,(H,28,32). The van der Waals surface area contributed by atoms with Crippen LogP contribution in [0.4, 0.5) is 5.69 Å². The first kappa shape index (κ1) is 24.6. The lowest BCUT2D eigenvalue weighted by Gasteiger charge is -2.17. The first-order chi connectivity index (χ1) is 16.9. The van der Waals surface area contributed by atoms with Gasteiger partial charge in [0.15, 0.2) is 17.1 Å². The Morgan fingerprint density at radius 1 is 1.06 bits per heavy atom. The van der Waals surface area contributed by atoms with Crippen molar-refractivity contribution in [3.63, 3.8) is 0 Å². The van der Waals surface area contributed by atoms with Gasteiger partial charge in [-0.25, -0.2) is 0 Å². The van der Waals surface area contributed by atoms with E-state index >= 15 is 0 Å². The zero-order valence-electron chi connectivity index (χ0n) is 19.6. The van der Waals surface area contributed by atoms with Crippen molar-refractivity contribution in [3.8, 4) is 17.2 Å². The molecule has 0 aliphatic rings. The van der Waals surface area contributed by atoms with Crippen LogP contribution < -0.4 is 14.8 Å². The molecule has 0 spiro atoms. The lowest BCUT2D eigenvalue weighted by atomic mass is 10.2. The molecule has 1 amide bonds. The number of para-hydroxylation sites is 1. The number of hydrogen-bond acceptors (Lipinski definition) is 6. The highest BCUT2D eigenvalue weighted by Crippen LogP contribution is 2.29. The Morgan fingerprint density at radius 3 is 2.57 bits per heavy atom. The maximum absolute atomic E-state index is 12.6. The molecule has 1 atom stereocenters. The van der Waals surface area contributed by atoms with Crippen molar-refractivity contribution in [1.82, 2.24) is 14.8 Å². The van der Waals surface area contributed by atoms with Gasteiger partial charge in [0.25, 0.3) is 0 Å². The van der Waals surface area contributed by atoms with Crippen LogP contribution >= 0.6 is 23.4 Å². The van der Waals surface area contributed by atoms with Gasteiger partial charge < -0.3 is 14.8 Å². The normalized spacial score (nSPS) is 11.7. The van der Waals surface area contributed by atoms with E-state index in [-0.39, 0.29) is 11.7 Å². The minimum atomic E-state index is -0.410. The van der Waals surface area contributed by atoms with Crippen LogP contribution in [-0.4, -0.2) is 33.5 Å². The van der Waals surface area contributed by atoms with Gasteiger partial charge in [-0.3, -0.25) is 9.36 Å². The molecule has 180 valence electrons. The van der Waals surface area contributed by atoms with Gasteiger partial charge in [0, 0.05) is 22.5 Å². The molecule has 0 fully saturated rings. The third-order valence-corrected chi connectivity index (χ3v) is 6.51. The number of hydrogen-bond donors (Lipinski definition) is 1. The van der Waals surface area contributed by atoms with Crippen LogP contribution in [0.5, 0.6) is 11.5 Å². The van der Waals surface area contributed by atoms with E-state index in [9.17, 15) is 4.79 Å². The minimum Gasteiger partial charge on any atom is -0.497 e. The van der Waals surface area contributed by atoms with Crippen LogP contribution in [-0.2, 0) is 4.79 Å². The highest BCUT2D eigenvalue weighted by molar-refractivity contribution is 7.99. The van der Waals surface area contributed by atoms with E-state index in [0.717, 1.165) is 11.3 Å². The van der Waals surface area contributed by atoms with E-state index < -0.39 is 6.10 Å². The Kier molecular flexibility index (Phi) is 7.94. The first-order valence-electron chi connectivity index (χ1n) is 10.9. The maximum atomic E-state index is 12.6. The Bertz CT molecular complexity index is 1310. The molecule has 4 aromatic rings. The number of ether oxygens (including phenoxy) is 2. The lowest BCUT2D eigenvalue weighted by molar-refractivity contribution is -0.113. The van der Waals surface area contributed by atoms with Crippen molar-refractivity contribution in [2.24, 2.45) is 0 Å². The summed E-state index contributed by atoms with van der Waals surface area (Å²) in [4.78, 5) is 12.6. The predicted molar refractivity (Wildman–Crippen MR) is 139 cm³/mol. The van der Waals surface area contributed by atoms with Gasteiger partial charge in [0.1, 0.15) is 11.5 Å². The number of benzene rings is 3. The number of nitrogens with one attached hydrogen (secondary N) is 1. The summed E-state index contributed by atoms with van der Waals surface area (Å²) in [6.07, 6.45) is -0.410. The Morgan fingerprint density at radius 2 is 1.83 bits per heavy atom. The van der Waals surface area contributed by atoms with E-state index in [1.54, 1.807) is 13.2 Å². The highest BCUT2D eigenvalue weighted by Gasteiger charge is 2.22. The molecule has 9 heteroatoms. The van der Waals surface area contributed by atoms with Gasteiger partial charge in [-0.15, -0.1) is 10.2 Å². The largest absolute Gasteiger partial charge is 0.497 e. The topological polar surface area (TPSA) is 78.3 Å². The number of methoxy groups -OCH3 is 1. The maximum Gasteiger partial charge on any atom is 0.234 e. The molecule has 4 rings (SSSR count). The summed E-state index contributed by atoms with van der Waals surface area (Å²) >= 11 is 7.47. The number of rotatable bonds is 9. The van der Waals surface area contributed by atoms with Crippen LogP contribution in [0.25, 0.3) is 5.69 Å². The average molecular weight is 509 g/mol. The second kappa shape index (κ2) is 11.3. The number of amides is 1. The first-order valence-corrected chi connectivity index (χ1v) is 12.3. The SMILES string of the molecule is COc1cccc(OC(C)c2nnc(SCC(=O)Nc3ccc(C)c(Cl)c3)n2-c2ccccc2)c1. The summed E-state index contributed by atoms with van der Waals surface area (Å²) in [6.45, 7) is 3.82. The average Bonchev–Trinajstić information content (AvgIpc) is 3.30. The number of carbonyl (C=O) groups is 1. The predicted octanol–water partition coefficient (Wildman–Crippen LogP) is 6.11. The van der Waals surface area contributed by atoms with E-state index in [1.807, 2.05) is 85.1 Å². The number of anilines is 1. The molecule has 3 aromatic carbocycles. The summed E-state index contributed by atoms with van der Waals surface area (Å²) < 4.78 is 13.3. The molecule has 0 bridgehead atoms. The van der Waals surface area contributed by atoms with Gasteiger partial charge in [-0.2, -0.15) is 0 Å². The van der Waals surface area contributed by atoms with Crippen molar-refractivity contribution < 1.29 is 14.3 Å². The number of nitrogens with zero attached hydrogens (tertiary/aromatic N) is 3. The Labute approximate surface area is 213 Å². The van der Waals surface area contributed by atoms with Gasteiger partial charge in [0.2, 0.25) is 5.91 Å². The van der Waals surface area contributed by atoms with Crippen molar-refractivity contribution in [1.29, 1.82) is 0 Å². The van der Waals surface area contributed by atoms with Gasteiger partial charge in [-0.1, -0.05) is 53.7 Å². The zero-order valence-corrected chi connectivity index (χ0v) is 21.1. The molecule has 0 aliphatic heterocycles. The summed E-state index contributed by atoms with van der Waals surface area (Å²) in [5, 5.41) is 12.8. The number of aromatic nitrogens is 3. The zero-order chi connectivity index (χ0) is 24.8. The molecular formula is C26H25ClN4O3S. The Balaban J connectivity index is 1.53. The van der Waals surface area contributed by atoms with Crippen molar-refractivity contribution in [2.45, 2.75) is 25.1 Å². The van der Waals surface area contributed by atoms with Crippen molar-refractivity contribution >= 4 is 35.0 Å². The van der Waals surface area contributed by atoms with Crippen LogP contribution in [0.15, 0.2) is 78.0 Å². The molecule has 0 saturated heterocycles. The molecule has 1 N–H and O–H groups in total. The summed E-state index contributed by atoms with van der Waals surface area (Å²) in [5.74, 6) is 1.97. The monoisotopic (exact) mass is 508 g/mol. The summed E-state index contributed by atoms with van der Waals surface area (Å²) in [6, 6.07) is 22.6. The van der Waals surface area contributed by atoms with Crippen LogP contribution in [0.3, 0.4) is 0 Å². The molecule has 1 unspecified atom stereocenters. The molecule has 35 heavy (non-hydrogen) atoms. The summed E-state index contributed by atoms with van der Waals surface area (Å²) in [5.41, 5.74) is 2.48. The van der Waals surface area contributed by atoms with Gasteiger partial charge >= 0.3 is 0 Å². The minimum absolute atomic E-state index is 0.154. The van der Waals surface area contributed by atoms with E-state index in [4.69, 9.17) is 21.1 Å². The molecule has 1 aromatic heterocycles. The smallest absolute Gasteiger partial charge is 0.234 e. The summed E-state index contributed by atoms with van der Waals surface area (Å²) in [7, 11) is 1.61. The Hall–Kier alpha value is -3.49. The van der Waals surface area contributed by atoms with Crippen LogP contribution in [0.2, 0.25) is 5.02 Å². The van der Waals surface area contributed by atoms with E-state index in [1.165, 1.54) is 11.8 Å². The van der Waals surface area contributed by atoms with Crippen molar-refractivity contribution in [2.75, 3.05) is 18.2 Å². The number of halogens is 1. The lowest BCUT2D eigenvalue weighted by Crippen LogP contribution is -2.15. The van der Waals surface area contributed by atoms with Crippen LogP contribution in [0.1, 0.15) is 24.4 Å². The molecule has 7 nitrogen and oxygen atoms in total. The number of carbonyl (C=O) groups excluding carboxylic acids is 1. The molecule has 1 heterocycles. The van der Waals surface area contributed by atoms with E-state index in [2.05, 4.69) is 15.5 Å². The fraction of sp³-hybridized carbons (Fsp3) is 0.192. The quantitative estimate of drug-likeness (QED) is 0.275. The van der Waals surface area contributed by atoms with E-state index in [0.29, 0.717) is 33.2 Å². The second-order valence-corrected chi connectivity index (χ2v) is 9.10. The number of thioether (sulfide) groups is 1. The third-order valence-electron chi connectivity index (χ3n) is 5.18. The molecule has 0 saturated carbocycles. The highest BCUT2D eigenvalue weighted by atomic mass is 35.5. The fourth-order valence-electron chi connectivity index (χ4n) is 3.39. The molecule has 0 radical (unpaired) electrons. The molecular weight excluding hydrogens is 484 g/mol. The van der Waals surface area contributed by atoms with Crippen LogP contribution in [0, 0.1) is 6.92 Å². The van der Waals surface area contributed by atoms with Gasteiger partial charge in [0.05, 0.1) is 12.9 Å². The third kappa shape index (κ3) is 6.15. The second-order valence-electron chi connectivity index (χ2n) is 7.75.